The zero-order valence-corrected chi connectivity index (χ0v) is 13.9. The van der Waals surface area contributed by atoms with Gasteiger partial charge in [0.2, 0.25) is 0 Å². The standard InChI is InChI=1S/C19H21NO4/c1-12-7-9-17(10-8-12)24-14(3)18(21)20-16-6-4-5-15(11-16)13(2)19(22)23/h4-11,13-14H,1-3H3,(H,20,21)(H,22,23). The fourth-order valence-electron chi connectivity index (χ4n) is 2.15. The SMILES string of the molecule is Cc1ccc(OC(C)C(=O)Nc2cccc(C(C)C(=O)O)c2)cc1. The number of hydrogen-bond acceptors (Lipinski definition) is 3. The van der Waals surface area contributed by atoms with Gasteiger partial charge < -0.3 is 15.2 Å². The van der Waals surface area contributed by atoms with Crippen molar-refractivity contribution in [3.8, 4) is 5.75 Å². The number of carbonyl (C=O) groups is 2. The van der Waals surface area contributed by atoms with Gasteiger partial charge in [0, 0.05) is 5.69 Å². The summed E-state index contributed by atoms with van der Waals surface area (Å²) in [7, 11) is 0. The Morgan fingerprint density at radius 2 is 1.75 bits per heavy atom. The van der Waals surface area contributed by atoms with Crippen LogP contribution in [0.25, 0.3) is 0 Å². The molecule has 5 heteroatoms. The molecule has 0 radical (unpaired) electrons. The predicted molar refractivity (Wildman–Crippen MR) is 92.4 cm³/mol. The van der Waals surface area contributed by atoms with Crippen molar-refractivity contribution in [1.82, 2.24) is 0 Å². The topological polar surface area (TPSA) is 75.6 Å². The van der Waals surface area contributed by atoms with Gasteiger partial charge in [0.25, 0.3) is 5.91 Å². The molecule has 2 unspecified atom stereocenters. The van der Waals surface area contributed by atoms with Crippen LogP contribution in [0, 0.1) is 6.92 Å². The minimum atomic E-state index is -0.908. The highest BCUT2D eigenvalue weighted by Crippen LogP contribution is 2.20. The molecule has 0 heterocycles. The third-order valence-corrected chi connectivity index (χ3v) is 3.73. The van der Waals surface area contributed by atoms with E-state index in [-0.39, 0.29) is 5.91 Å². The third kappa shape index (κ3) is 4.59. The second kappa shape index (κ2) is 7.64. The predicted octanol–water partition coefficient (Wildman–Crippen LogP) is 3.59. The Morgan fingerprint density at radius 3 is 2.38 bits per heavy atom. The van der Waals surface area contributed by atoms with Crippen molar-refractivity contribution in [2.45, 2.75) is 32.8 Å². The molecule has 0 aromatic heterocycles. The minimum Gasteiger partial charge on any atom is -0.481 e. The maximum Gasteiger partial charge on any atom is 0.310 e. The lowest BCUT2D eigenvalue weighted by Crippen LogP contribution is -2.30. The second-order valence-corrected chi connectivity index (χ2v) is 5.75. The van der Waals surface area contributed by atoms with Gasteiger partial charge in [-0.2, -0.15) is 0 Å². The molecule has 0 aliphatic rings. The summed E-state index contributed by atoms with van der Waals surface area (Å²) >= 11 is 0. The quantitative estimate of drug-likeness (QED) is 0.850. The van der Waals surface area contributed by atoms with Gasteiger partial charge in [0.1, 0.15) is 5.75 Å². The van der Waals surface area contributed by atoms with Gasteiger partial charge in [0.15, 0.2) is 6.10 Å². The van der Waals surface area contributed by atoms with E-state index in [9.17, 15) is 9.59 Å². The lowest BCUT2D eigenvalue weighted by Gasteiger charge is -2.16. The number of hydrogen-bond donors (Lipinski definition) is 2. The molecule has 0 bridgehead atoms. The van der Waals surface area contributed by atoms with E-state index in [0.29, 0.717) is 17.0 Å². The molecule has 0 aliphatic heterocycles. The number of rotatable bonds is 6. The molecule has 0 aliphatic carbocycles. The normalized spacial score (nSPS) is 13.0. The van der Waals surface area contributed by atoms with Crippen molar-refractivity contribution < 1.29 is 19.4 Å². The molecule has 0 saturated carbocycles. The highest BCUT2D eigenvalue weighted by atomic mass is 16.5. The van der Waals surface area contributed by atoms with E-state index in [1.54, 1.807) is 38.1 Å². The molecule has 0 fully saturated rings. The number of carboxylic acid groups (broad SMARTS) is 1. The Morgan fingerprint density at radius 1 is 1.08 bits per heavy atom. The van der Waals surface area contributed by atoms with Crippen LogP contribution in [0.3, 0.4) is 0 Å². The first-order valence-corrected chi connectivity index (χ1v) is 7.74. The Hall–Kier alpha value is -2.82. The van der Waals surface area contributed by atoms with Crippen molar-refractivity contribution in [2.24, 2.45) is 0 Å². The van der Waals surface area contributed by atoms with Gasteiger partial charge in [0.05, 0.1) is 5.92 Å². The number of anilines is 1. The summed E-state index contributed by atoms with van der Waals surface area (Å²) in [5.74, 6) is -1.22. The summed E-state index contributed by atoms with van der Waals surface area (Å²) in [6.07, 6.45) is -0.673. The number of amides is 1. The molecule has 2 N–H and O–H groups in total. The summed E-state index contributed by atoms with van der Waals surface area (Å²) in [5, 5.41) is 11.8. The van der Waals surface area contributed by atoms with E-state index >= 15 is 0 Å². The highest BCUT2D eigenvalue weighted by molar-refractivity contribution is 5.94. The van der Waals surface area contributed by atoms with Gasteiger partial charge in [-0.05, 0) is 50.6 Å². The molecule has 126 valence electrons. The zero-order valence-electron chi connectivity index (χ0n) is 13.9. The smallest absolute Gasteiger partial charge is 0.310 e. The summed E-state index contributed by atoms with van der Waals surface area (Å²) in [5.41, 5.74) is 2.29. The number of benzene rings is 2. The van der Waals surface area contributed by atoms with Crippen LogP contribution in [0.1, 0.15) is 30.9 Å². The fraction of sp³-hybridized carbons (Fsp3) is 0.263. The fourth-order valence-corrected chi connectivity index (χ4v) is 2.15. The number of nitrogens with one attached hydrogen (secondary N) is 1. The maximum absolute atomic E-state index is 12.2. The van der Waals surface area contributed by atoms with Gasteiger partial charge >= 0.3 is 5.97 Å². The Kier molecular flexibility index (Phi) is 5.58. The van der Waals surface area contributed by atoms with E-state index in [1.807, 2.05) is 31.2 Å². The minimum absolute atomic E-state index is 0.296. The van der Waals surface area contributed by atoms with Gasteiger partial charge in [-0.15, -0.1) is 0 Å². The number of aryl methyl sites for hydroxylation is 1. The average molecular weight is 327 g/mol. The summed E-state index contributed by atoms with van der Waals surface area (Å²) < 4.78 is 5.61. The van der Waals surface area contributed by atoms with Crippen LogP contribution >= 0.6 is 0 Å². The van der Waals surface area contributed by atoms with Crippen molar-refractivity contribution >= 4 is 17.6 Å². The molecule has 5 nitrogen and oxygen atoms in total. The molecule has 0 saturated heterocycles. The van der Waals surface area contributed by atoms with E-state index in [1.165, 1.54) is 0 Å². The maximum atomic E-state index is 12.2. The van der Waals surface area contributed by atoms with Gasteiger partial charge in [-0.1, -0.05) is 29.8 Å². The van der Waals surface area contributed by atoms with Crippen LogP contribution in [-0.2, 0) is 9.59 Å². The Balaban J connectivity index is 2.02. The first-order valence-electron chi connectivity index (χ1n) is 7.74. The lowest BCUT2D eigenvalue weighted by molar-refractivity contribution is -0.138. The van der Waals surface area contributed by atoms with Crippen molar-refractivity contribution in [3.63, 3.8) is 0 Å². The molecule has 2 atom stereocenters. The third-order valence-electron chi connectivity index (χ3n) is 3.73. The molecule has 0 spiro atoms. The van der Waals surface area contributed by atoms with Crippen molar-refractivity contribution in [2.75, 3.05) is 5.32 Å². The lowest BCUT2D eigenvalue weighted by atomic mass is 10.0. The number of ether oxygens (including phenoxy) is 1. The van der Waals surface area contributed by atoms with Crippen LogP contribution in [0.15, 0.2) is 48.5 Å². The molecular weight excluding hydrogens is 306 g/mol. The Labute approximate surface area is 141 Å². The van der Waals surface area contributed by atoms with Crippen LogP contribution < -0.4 is 10.1 Å². The van der Waals surface area contributed by atoms with E-state index in [0.717, 1.165) is 5.56 Å². The van der Waals surface area contributed by atoms with Gasteiger partial charge in [-0.3, -0.25) is 9.59 Å². The van der Waals surface area contributed by atoms with E-state index in [4.69, 9.17) is 9.84 Å². The molecule has 2 aromatic rings. The van der Waals surface area contributed by atoms with E-state index < -0.39 is 18.0 Å². The molecular formula is C19H21NO4. The average Bonchev–Trinajstić information content (AvgIpc) is 2.56. The number of carboxylic acids is 1. The van der Waals surface area contributed by atoms with Gasteiger partial charge in [-0.25, -0.2) is 0 Å². The molecule has 2 rings (SSSR count). The summed E-state index contributed by atoms with van der Waals surface area (Å²) in [4.78, 5) is 23.3. The Bertz CT molecular complexity index is 724. The van der Waals surface area contributed by atoms with Crippen LogP contribution in [0.5, 0.6) is 5.75 Å². The second-order valence-electron chi connectivity index (χ2n) is 5.75. The molecule has 1 amide bonds. The molecule has 2 aromatic carbocycles. The summed E-state index contributed by atoms with van der Waals surface area (Å²) in [6, 6.07) is 14.3. The number of carbonyl (C=O) groups excluding carboxylic acids is 1. The highest BCUT2D eigenvalue weighted by Gasteiger charge is 2.17. The monoisotopic (exact) mass is 327 g/mol. The first kappa shape index (κ1) is 17.5. The van der Waals surface area contributed by atoms with E-state index in [2.05, 4.69) is 5.32 Å². The number of aliphatic carboxylic acids is 1. The van der Waals surface area contributed by atoms with Crippen LogP contribution in [0.4, 0.5) is 5.69 Å². The van der Waals surface area contributed by atoms with Crippen molar-refractivity contribution in [3.05, 3.63) is 59.7 Å². The zero-order chi connectivity index (χ0) is 17.7. The van der Waals surface area contributed by atoms with Crippen LogP contribution in [-0.4, -0.2) is 23.1 Å². The largest absolute Gasteiger partial charge is 0.481 e. The van der Waals surface area contributed by atoms with Crippen LogP contribution in [0.2, 0.25) is 0 Å². The first-order chi connectivity index (χ1) is 11.4. The summed E-state index contributed by atoms with van der Waals surface area (Å²) in [6.45, 7) is 5.25. The van der Waals surface area contributed by atoms with Crippen molar-refractivity contribution in [1.29, 1.82) is 0 Å². The molecule has 24 heavy (non-hydrogen) atoms.